The number of furan rings is 1. The molecule has 1 aliphatic heterocycles. The molecule has 1 unspecified atom stereocenters. The summed E-state index contributed by atoms with van der Waals surface area (Å²) in [7, 11) is 0. The number of aromatic nitrogens is 2. The largest absolute Gasteiger partial charge is 0.469 e. The molecule has 0 radical (unpaired) electrons. The van der Waals surface area contributed by atoms with E-state index in [4.69, 9.17) is 8.94 Å². The highest BCUT2D eigenvalue weighted by atomic mass is 16.5. The Morgan fingerprint density at radius 1 is 1.45 bits per heavy atom. The highest BCUT2D eigenvalue weighted by Crippen LogP contribution is 2.27. The molecule has 2 aromatic heterocycles. The second kappa shape index (κ2) is 5.11. The number of hydrogen-bond acceptors (Lipinski definition) is 5. The zero-order valence-electron chi connectivity index (χ0n) is 11.6. The summed E-state index contributed by atoms with van der Waals surface area (Å²) in [6.07, 6.45) is 3.45. The molecule has 3 rings (SSSR count). The summed E-state index contributed by atoms with van der Waals surface area (Å²) in [6.45, 7) is 4.97. The van der Waals surface area contributed by atoms with Crippen LogP contribution >= 0.6 is 0 Å². The minimum absolute atomic E-state index is 0.0113. The summed E-state index contributed by atoms with van der Waals surface area (Å²) in [5, 5.41) is 3.82. The first-order valence-electron chi connectivity index (χ1n) is 6.78. The molecule has 1 aliphatic rings. The van der Waals surface area contributed by atoms with Crippen molar-refractivity contribution in [2.45, 2.75) is 32.6 Å². The van der Waals surface area contributed by atoms with Gasteiger partial charge in [0.05, 0.1) is 17.7 Å². The van der Waals surface area contributed by atoms with Crippen LogP contribution < -0.4 is 0 Å². The van der Waals surface area contributed by atoms with Gasteiger partial charge in [0.15, 0.2) is 5.82 Å². The van der Waals surface area contributed by atoms with E-state index in [1.807, 2.05) is 4.90 Å². The molecule has 0 N–H and O–H groups in total. The van der Waals surface area contributed by atoms with Gasteiger partial charge in [-0.25, -0.2) is 0 Å². The highest BCUT2D eigenvalue weighted by molar-refractivity contribution is 5.95. The minimum atomic E-state index is 0.0113. The lowest BCUT2D eigenvalue weighted by Gasteiger charge is -2.30. The molecule has 0 aromatic carbocycles. The van der Waals surface area contributed by atoms with Crippen LogP contribution in [0.15, 0.2) is 21.3 Å². The van der Waals surface area contributed by atoms with Crippen LogP contribution in [-0.2, 0) is 0 Å². The van der Waals surface area contributed by atoms with Crippen LogP contribution in [0.1, 0.15) is 46.6 Å². The summed E-state index contributed by atoms with van der Waals surface area (Å²) in [6, 6.07) is 1.72. The second-order valence-electron chi connectivity index (χ2n) is 5.16. The first kappa shape index (κ1) is 12.9. The zero-order chi connectivity index (χ0) is 14.1. The van der Waals surface area contributed by atoms with Crippen molar-refractivity contribution in [2.75, 3.05) is 13.1 Å². The summed E-state index contributed by atoms with van der Waals surface area (Å²) in [5.74, 6) is 2.06. The Labute approximate surface area is 116 Å². The molecule has 0 spiro atoms. The fourth-order valence-corrected chi connectivity index (χ4v) is 2.62. The average Bonchev–Trinajstić information content (AvgIpc) is 3.07. The van der Waals surface area contributed by atoms with Crippen LogP contribution in [0.25, 0.3) is 0 Å². The number of carbonyl (C=O) groups is 1. The Morgan fingerprint density at radius 3 is 2.95 bits per heavy atom. The van der Waals surface area contributed by atoms with Crippen LogP contribution in [0.2, 0.25) is 0 Å². The minimum Gasteiger partial charge on any atom is -0.469 e. The van der Waals surface area contributed by atoms with Crippen molar-refractivity contribution in [1.82, 2.24) is 15.0 Å². The Balaban J connectivity index is 1.75. The molecule has 6 nitrogen and oxygen atoms in total. The van der Waals surface area contributed by atoms with Gasteiger partial charge in [-0.1, -0.05) is 5.16 Å². The third-order valence-electron chi connectivity index (χ3n) is 3.69. The van der Waals surface area contributed by atoms with E-state index in [0.717, 1.165) is 19.4 Å². The van der Waals surface area contributed by atoms with Gasteiger partial charge in [-0.15, -0.1) is 0 Å². The number of aryl methyl sites for hydroxylation is 2. The molecule has 6 heteroatoms. The number of amides is 1. The SMILES string of the molecule is Cc1noc(C2CCCN(C(=O)c3ccoc3C)C2)n1. The molecular formula is C14H17N3O3. The number of rotatable bonds is 2. The van der Waals surface area contributed by atoms with Gasteiger partial charge >= 0.3 is 0 Å². The van der Waals surface area contributed by atoms with Crippen molar-refractivity contribution in [1.29, 1.82) is 0 Å². The van der Waals surface area contributed by atoms with E-state index in [-0.39, 0.29) is 11.8 Å². The maximum Gasteiger partial charge on any atom is 0.257 e. The molecule has 1 atom stereocenters. The van der Waals surface area contributed by atoms with Crippen molar-refractivity contribution < 1.29 is 13.7 Å². The van der Waals surface area contributed by atoms with Crippen molar-refractivity contribution in [3.63, 3.8) is 0 Å². The van der Waals surface area contributed by atoms with Crippen molar-refractivity contribution in [2.24, 2.45) is 0 Å². The van der Waals surface area contributed by atoms with E-state index in [1.54, 1.807) is 26.2 Å². The smallest absolute Gasteiger partial charge is 0.257 e. The van der Waals surface area contributed by atoms with Crippen molar-refractivity contribution in [3.05, 3.63) is 35.4 Å². The van der Waals surface area contributed by atoms with Gasteiger partial charge in [0.2, 0.25) is 5.89 Å². The fourth-order valence-electron chi connectivity index (χ4n) is 2.62. The van der Waals surface area contributed by atoms with Crippen LogP contribution in [0.3, 0.4) is 0 Å². The van der Waals surface area contributed by atoms with Crippen LogP contribution in [-0.4, -0.2) is 34.0 Å². The van der Waals surface area contributed by atoms with Gasteiger partial charge < -0.3 is 13.8 Å². The van der Waals surface area contributed by atoms with E-state index in [2.05, 4.69) is 10.1 Å². The second-order valence-corrected chi connectivity index (χ2v) is 5.16. The Kier molecular flexibility index (Phi) is 3.30. The Morgan fingerprint density at radius 2 is 2.30 bits per heavy atom. The summed E-state index contributed by atoms with van der Waals surface area (Å²) in [4.78, 5) is 18.6. The lowest BCUT2D eigenvalue weighted by molar-refractivity contribution is 0.0694. The van der Waals surface area contributed by atoms with E-state index >= 15 is 0 Å². The topological polar surface area (TPSA) is 72.4 Å². The van der Waals surface area contributed by atoms with Crippen molar-refractivity contribution in [3.8, 4) is 0 Å². The van der Waals surface area contributed by atoms with Gasteiger partial charge in [0.25, 0.3) is 5.91 Å². The lowest BCUT2D eigenvalue weighted by Crippen LogP contribution is -2.39. The van der Waals surface area contributed by atoms with E-state index in [9.17, 15) is 4.79 Å². The van der Waals surface area contributed by atoms with Crippen molar-refractivity contribution >= 4 is 5.91 Å². The molecule has 20 heavy (non-hydrogen) atoms. The monoisotopic (exact) mass is 275 g/mol. The molecule has 0 saturated carbocycles. The Bertz CT molecular complexity index is 617. The lowest BCUT2D eigenvalue weighted by atomic mass is 9.97. The maximum absolute atomic E-state index is 12.5. The number of nitrogens with zero attached hydrogens (tertiary/aromatic N) is 3. The standard InChI is InChI=1S/C14H17N3O3/c1-9-12(5-7-19-9)14(18)17-6-3-4-11(8-17)13-15-10(2)16-20-13/h5,7,11H,3-4,6,8H2,1-2H3. The van der Waals surface area contributed by atoms with E-state index in [0.29, 0.717) is 29.6 Å². The molecule has 1 saturated heterocycles. The van der Waals surface area contributed by atoms with Gasteiger partial charge in [-0.05, 0) is 32.8 Å². The zero-order valence-corrected chi connectivity index (χ0v) is 11.6. The summed E-state index contributed by atoms with van der Waals surface area (Å²) >= 11 is 0. The first-order chi connectivity index (χ1) is 9.65. The van der Waals surface area contributed by atoms with E-state index < -0.39 is 0 Å². The molecule has 0 aliphatic carbocycles. The third-order valence-corrected chi connectivity index (χ3v) is 3.69. The number of hydrogen-bond donors (Lipinski definition) is 0. The normalized spacial score (nSPS) is 19.3. The third kappa shape index (κ3) is 2.33. The number of piperidine rings is 1. The number of likely N-dealkylation sites (tertiary alicyclic amines) is 1. The fraction of sp³-hybridized carbons (Fsp3) is 0.500. The Hall–Kier alpha value is -2.11. The number of carbonyl (C=O) groups excluding carboxylic acids is 1. The predicted octanol–water partition coefficient (Wildman–Crippen LogP) is 2.30. The summed E-state index contributed by atoms with van der Waals surface area (Å²) < 4.78 is 10.4. The molecule has 1 fully saturated rings. The molecular weight excluding hydrogens is 258 g/mol. The average molecular weight is 275 g/mol. The molecule has 106 valence electrons. The van der Waals surface area contributed by atoms with Gasteiger partial charge in [0, 0.05) is 13.1 Å². The van der Waals surface area contributed by atoms with Gasteiger partial charge in [-0.2, -0.15) is 4.98 Å². The summed E-state index contributed by atoms with van der Waals surface area (Å²) in [5.41, 5.74) is 0.632. The van der Waals surface area contributed by atoms with E-state index in [1.165, 1.54) is 0 Å². The molecule has 0 bridgehead atoms. The van der Waals surface area contributed by atoms with Gasteiger partial charge in [-0.3, -0.25) is 4.79 Å². The van der Waals surface area contributed by atoms with Crippen LogP contribution in [0, 0.1) is 13.8 Å². The molecule has 3 heterocycles. The molecule has 1 amide bonds. The van der Waals surface area contributed by atoms with Crippen LogP contribution in [0.5, 0.6) is 0 Å². The van der Waals surface area contributed by atoms with Crippen LogP contribution in [0.4, 0.5) is 0 Å². The molecule has 2 aromatic rings. The maximum atomic E-state index is 12.5. The first-order valence-corrected chi connectivity index (χ1v) is 6.78. The predicted molar refractivity (Wildman–Crippen MR) is 70.4 cm³/mol. The highest BCUT2D eigenvalue weighted by Gasteiger charge is 2.29. The van der Waals surface area contributed by atoms with Gasteiger partial charge in [0.1, 0.15) is 5.76 Å². The quantitative estimate of drug-likeness (QED) is 0.840.